The highest BCUT2D eigenvalue weighted by molar-refractivity contribution is 5.56. The smallest absolute Gasteiger partial charge is 0.150 e. The fourth-order valence-corrected chi connectivity index (χ4v) is 3.07. The number of fused-ring (bicyclic) bond motifs is 1. The summed E-state index contributed by atoms with van der Waals surface area (Å²) < 4.78 is 2.20. The Labute approximate surface area is 127 Å². The predicted octanol–water partition coefficient (Wildman–Crippen LogP) is 2.85. The van der Waals surface area contributed by atoms with E-state index in [9.17, 15) is 0 Å². The maximum atomic E-state index is 6.20. The van der Waals surface area contributed by atoms with Crippen LogP contribution in [0.2, 0.25) is 0 Å². The summed E-state index contributed by atoms with van der Waals surface area (Å²) in [6.45, 7) is 3.25. The molecule has 0 amide bonds. The molecule has 4 heteroatoms. The molecular weight excluding hydrogens is 260 g/mol. The molecule has 4 nitrogen and oxygen atoms in total. The molecule has 0 bridgehead atoms. The van der Waals surface area contributed by atoms with Gasteiger partial charge in [0, 0.05) is 32.3 Å². The summed E-state index contributed by atoms with van der Waals surface area (Å²) in [5.74, 6) is 1.95. The SMILES string of the molecule is CCC(N)Cc1c(N(C)CC2CCC2)nc2ccccn12. The van der Waals surface area contributed by atoms with Gasteiger partial charge in [-0.05, 0) is 37.3 Å². The molecule has 114 valence electrons. The fraction of sp³-hybridized carbons (Fsp3) is 0.588. The van der Waals surface area contributed by atoms with Gasteiger partial charge in [0.05, 0.1) is 5.69 Å². The third-order valence-corrected chi connectivity index (χ3v) is 4.71. The lowest BCUT2D eigenvalue weighted by Crippen LogP contribution is -2.31. The van der Waals surface area contributed by atoms with Gasteiger partial charge in [-0.25, -0.2) is 4.98 Å². The van der Waals surface area contributed by atoms with E-state index in [1.165, 1.54) is 25.0 Å². The number of pyridine rings is 1. The number of hydrogen-bond donors (Lipinski definition) is 1. The van der Waals surface area contributed by atoms with Crippen molar-refractivity contribution in [2.75, 3.05) is 18.5 Å². The van der Waals surface area contributed by atoms with Gasteiger partial charge in [-0.2, -0.15) is 0 Å². The van der Waals surface area contributed by atoms with Crippen LogP contribution in [-0.4, -0.2) is 29.0 Å². The summed E-state index contributed by atoms with van der Waals surface area (Å²) in [5, 5.41) is 0. The first-order chi connectivity index (χ1) is 10.2. The normalized spacial score (nSPS) is 16.9. The Morgan fingerprint density at radius 1 is 1.43 bits per heavy atom. The molecular formula is C17H26N4. The van der Waals surface area contributed by atoms with Crippen molar-refractivity contribution in [3.63, 3.8) is 0 Å². The molecule has 1 aliphatic rings. The molecule has 1 fully saturated rings. The molecule has 1 unspecified atom stereocenters. The average molecular weight is 286 g/mol. The Balaban J connectivity index is 1.92. The number of anilines is 1. The van der Waals surface area contributed by atoms with Gasteiger partial charge >= 0.3 is 0 Å². The topological polar surface area (TPSA) is 46.6 Å². The van der Waals surface area contributed by atoms with E-state index in [1.54, 1.807) is 0 Å². The lowest BCUT2D eigenvalue weighted by Gasteiger charge is -2.30. The Morgan fingerprint density at radius 3 is 2.90 bits per heavy atom. The number of nitrogens with zero attached hydrogens (tertiary/aromatic N) is 3. The van der Waals surface area contributed by atoms with E-state index in [0.717, 1.165) is 36.8 Å². The van der Waals surface area contributed by atoms with Crippen LogP contribution in [0.3, 0.4) is 0 Å². The van der Waals surface area contributed by atoms with E-state index in [0.29, 0.717) is 0 Å². The van der Waals surface area contributed by atoms with Crippen molar-refractivity contribution >= 4 is 11.5 Å². The van der Waals surface area contributed by atoms with E-state index in [1.807, 2.05) is 6.07 Å². The molecule has 21 heavy (non-hydrogen) atoms. The van der Waals surface area contributed by atoms with Gasteiger partial charge in [0.1, 0.15) is 5.65 Å². The highest BCUT2D eigenvalue weighted by atomic mass is 15.2. The van der Waals surface area contributed by atoms with Gasteiger partial charge < -0.3 is 15.0 Å². The number of nitrogens with two attached hydrogens (primary N) is 1. The zero-order chi connectivity index (χ0) is 14.8. The first-order valence-electron chi connectivity index (χ1n) is 8.11. The quantitative estimate of drug-likeness (QED) is 0.888. The highest BCUT2D eigenvalue weighted by Gasteiger charge is 2.23. The zero-order valence-corrected chi connectivity index (χ0v) is 13.1. The molecule has 0 saturated heterocycles. The van der Waals surface area contributed by atoms with Gasteiger partial charge in [-0.3, -0.25) is 0 Å². The third kappa shape index (κ3) is 2.91. The molecule has 0 aromatic carbocycles. The molecule has 0 radical (unpaired) electrons. The molecule has 2 N–H and O–H groups in total. The van der Waals surface area contributed by atoms with Crippen LogP contribution in [0.15, 0.2) is 24.4 Å². The van der Waals surface area contributed by atoms with Crippen LogP contribution in [0.5, 0.6) is 0 Å². The Hall–Kier alpha value is -1.55. The van der Waals surface area contributed by atoms with Crippen molar-refractivity contribution in [2.45, 2.75) is 45.1 Å². The van der Waals surface area contributed by atoms with Crippen LogP contribution >= 0.6 is 0 Å². The van der Waals surface area contributed by atoms with E-state index < -0.39 is 0 Å². The maximum Gasteiger partial charge on any atom is 0.150 e. The summed E-state index contributed by atoms with van der Waals surface area (Å²) in [6, 6.07) is 6.37. The Kier molecular flexibility index (Phi) is 4.15. The summed E-state index contributed by atoms with van der Waals surface area (Å²) in [6.07, 6.45) is 8.08. The minimum Gasteiger partial charge on any atom is -0.358 e. The van der Waals surface area contributed by atoms with Crippen LogP contribution in [-0.2, 0) is 6.42 Å². The van der Waals surface area contributed by atoms with Crippen LogP contribution < -0.4 is 10.6 Å². The molecule has 1 saturated carbocycles. The number of imidazole rings is 1. The molecule has 0 aliphatic heterocycles. The van der Waals surface area contributed by atoms with Gasteiger partial charge in [0.25, 0.3) is 0 Å². The molecule has 1 atom stereocenters. The maximum absolute atomic E-state index is 6.20. The number of hydrogen-bond acceptors (Lipinski definition) is 3. The van der Waals surface area contributed by atoms with E-state index in [-0.39, 0.29) is 6.04 Å². The zero-order valence-electron chi connectivity index (χ0n) is 13.1. The first kappa shape index (κ1) is 14.4. The highest BCUT2D eigenvalue weighted by Crippen LogP contribution is 2.30. The van der Waals surface area contributed by atoms with Crippen molar-refractivity contribution in [2.24, 2.45) is 11.7 Å². The van der Waals surface area contributed by atoms with Crippen molar-refractivity contribution in [3.8, 4) is 0 Å². The Morgan fingerprint density at radius 2 is 2.24 bits per heavy atom. The van der Waals surface area contributed by atoms with E-state index >= 15 is 0 Å². The largest absolute Gasteiger partial charge is 0.358 e. The monoisotopic (exact) mass is 286 g/mol. The first-order valence-corrected chi connectivity index (χ1v) is 8.11. The molecule has 3 rings (SSSR count). The van der Waals surface area contributed by atoms with Gasteiger partial charge in [-0.15, -0.1) is 0 Å². The second kappa shape index (κ2) is 6.06. The van der Waals surface area contributed by atoms with Crippen LogP contribution in [0.25, 0.3) is 5.65 Å². The number of aromatic nitrogens is 2. The fourth-order valence-electron chi connectivity index (χ4n) is 3.07. The predicted molar refractivity (Wildman–Crippen MR) is 87.8 cm³/mol. The molecule has 2 aromatic heterocycles. The van der Waals surface area contributed by atoms with Gasteiger partial charge in [-0.1, -0.05) is 19.4 Å². The standard InChI is InChI=1S/C17H26N4/c1-3-14(18)11-15-17(20(2)12-13-7-6-8-13)19-16-9-4-5-10-21(15)16/h4-5,9-10,13-14H,3,6-8,11-12,18H2,1-2H3. The van der Waals surface area contributed by atoms with Crippen molar-refractivity contribution < 1.29 is 0 Å². The number of rotatable bonds is 6. The van der Waals surface area contributed by atoms with Crippen molar-refractivity contribution in [3.05, 3.63) is 30.1 Å². The van der Waals surface area contributed by atoms with E-state index in [4.69, 9.17) is 10.7 Å². The van der Waals surface area contributed by atoms with Crippen LogP contribution in [0.4, 0.5) is 5.82 Å². The summed E-state index contributed by atoms with van der Waals surface area (Å²) in [5.41, 5.74) is 8.47. The summed E-state index contributed by atoms with van der Waals surface area (Å²) in [4.78, 5) is 7.17. The second-order valence-electron chi connectivity index (χ2n) is 6.36. The summed E-state index contributed by atoms with van der Waals surface area (Å²) in [7, 11) is 2.17. The van der Waals surface area contributed by atoms with Gasteiger partial charge in [0.15, 0.2) is 5.82 Å². The Bertz CT molecular complexity index is 600. The minimum atomic E-state index is 0.195. The second-order valence-corrected chi connectivity index (χ2v) is 6.36. The van der Waals surface area contributed by atoms with Crippen LogP contribution in [0, 0.1) is 5.92 Å². The average Bonchev–Trinajstić information content (AvgIpc) is 2.81. The van der Waals surface area contributed by atoms with Crippen LogP contribution in [0.1, 0.15) is 38.3 Å². The lowest BCUT2D eigenvalue weighted by molar-refractivity contribution is 0.321. The van der Waals surface area contributed by atoms with Gasteiger partial charge in [0.2, 0.25) is 0 Å². The van der Waals surface area contributed by atoms with E-state index in [2.05, 4.69) is 41.6 Å². The third-order valence-electron chi connectivity index (χ3n) is 4.71. The lowest BCUT2D eigenvalue weighted by atomic mass is 9.85. The minimum absolute atomic E-state index is 0.195. The molecule has 1 aliphatic carbocycles. The molecule has 0 spiro atoms. The van der Waals surface area contributed by atoms with Crippen molar-refractivity contribution in [1.29, 1.82) is 0 Å². The molecule has 2 aromatic rings. The molecule has 2 heterocycles. The summed E-state index contributed by atoms with van der Waals surface area (Å²) >= 11 is 0. The van der Waals surface area contributed by atoms with Crippen molar-refractivity contribution in [1.82, 2.24) is 9.38 Å².